The summed E-state index contributed by atoms with van der Waals surface area (Å²) in [7, 11) is 1.55. The normalized spacial score (nSPS) is 14.3. The number of benzene rings is 2. The number of imide groups is 1. The zero-order valence-corrected chi connectivity index (χ0v) is 19.5. The molecule has 0 saturated heterocycles. The first kappa shape index (κ1) is 23.5. The van der Waals surface area contributed by atoms with Crippen molar-refractivity contribution in [3.8, 4) is 5.75 Å². The van der Waals surface area contributed by atoms with Crippen molar-refractivity contribution in [2.45, 2.75) is 39.5 Å². The minimum absolute atomic E-state index is 0.0247. The second-order valence-electron chi connectivity index (χ2n) is 8.72. The van der Waals surface area contributed by atoms with Gasteiger partial charge in [-0.2, -0.15) is 0 Å². The quantitative estimate of drug-likeness (QED) is 0.459. The van der Waals surface area contributed by atoms with Crippen LogP contribution in [0.15, 0.2) is 54.2 Å². The first-order valence-corrected chi connectivity index (χ1v) is 11.0. The van der Waals surface area contributed by atoms with E-state index in [4.69, 9.17) is 9.47 Å². The number of rotatable bonds is 9. The van der Waals surface area contributed by atoms with Crippen molar-refractivity contribution >= 4 is 23.1 Å². The third-order valence-electron chi connectivity index (χ3n) is 5.44. The van der Waals surface area contributed by atoms with Crippen LogP contribution in [0, 0.1) is 0 Å². The van der Waals surface area contributed by atoms with Crippen LogP contribution >= 0.6 is 0 Å². The van der Waals surface area contributed by atoms with Gasteiger partial charge in [0.2, 0.25) is 0 Å². The largest absolute Gasteiger partial charge is 0.496 e. The Balaban J connectivity index is 1.97. The summed E-state index contributed by atoms with van der Waals surface area (Å²) in [5.74, 6) is -0.126. The highest BCUT2D eigenvalue weighted by Gasteiger charge is 2.39. The van der Waals surface area contributed by atoms with Crippen molar-refractivity contribution in [2.24, 2.45) is 0 Å². The molecule has 3 rings (SSSR count). The maximum absolute atomic E-state index is 13.3. The summed E-state index contributed by atoms with van der Waals surface area (Å²) in [5.41, 5.74) is 3.14. The van der Waals surface area contributed by atoms with Crippen molar-refractivity contribution in [1.29, 1.82) is 0 Å². The van der Waals surface area contributed by atoms with Crippen molar-refractivity contribution in [1.82, 2.24) is 4.90 Å². The number of para-hydroxylation sites is 1. The molecule has 1 heterocycles. The summed E-state index contributed by atoms with van der Waals surface area (Å²) in [6.45, 7) is 9.76. The van der Waals surface area contributed by atoms with Gasteiger partial charge in [0.05, 0.1) is 12.7 Å². The first-order valence-electron chi connectivity index (χ1n) is 11.0. The van der Waals surface area contributed by atoms with E-state index in [0.717, 1.165) is 5.69 Å². The van der Waals surface area contributed by atoms with E-state index in [-0.39, 0.29) is 22.9 Å². The molecule has 2 aromatic carbocycles. The predicted octanol–water partition coefficient (Wildman–Crippen LogP) is 4.61. The van der Waals surface area contributed by atoms with Crippen LogP contribution in [-0.4, -0.2) is 43.6 Å². The van der Waals surface area contributed by atoms with E-state index in [1.54, 1.807) is 19.2 Å². The van der Waals surface area contributed by atoms with Gasteiger partial charge in [-0.15, -0.1) is 0 Å². The Labute approximate surface area is 190 Å². The zero-order chi connectivity index (χ0) is 23.3. The summed E-state index contributed by atoms with van der Waals surface area (Å²) in [4.78, 5) is 27.9. The van der Waals surface area contributed by atoms with Crippen LogP contribution in [0.5, 0.6) is 5.75 Å². The van der Waals surface area contributed by atoms with E-state index in [1.165, 1.54) is 10.5 Å². The molecule has 6 nitrogen and oxygen atoms in total. The highest BCUT2D eigenvalue weighted by atomic mass is 16.5. The molecule has 2 amide bonds. The number of carbonyl (C=O) groups excluding carboxylic acids is 2. The fraction of sp³-hybridized carbons (Fsp3) is 0.385. The molecule has 1 aliphatic heterocycles. The molecule has 2 aromatic rings. The van der Waals surface area contributed by atoms with Crippen LogP contribution < -0.4 is 10.1 Å². The molecule has 0 aliphatic carbocycles. The number of anilines is 1. The van der Waals surface area contributed by atoms with E-state index in [0.29, 0.717) is 43.1 Å². The lowest BCUT2D eigenvalue weighted by molar-refractivity contribution is -0.137. The standard InChI is InChI=1S/C26H32N2O4/c1-6-32-17-9-16-28-24(29)22(20-10-7-8-11-21(20)31-5)23(25(28)30)27-19-14-12-18(13-15-19)26(2,3)4/h7-8,10-15,27H,6,9,16-17H2,1-5H3. The number of methoxy groups -OCH3 is 1. The van der Waals surface area contributed by atoms with Gasteiger partial charge in [0.25, 0.3) is 11.8 Å². The summed E-state index contributed by atoms with van der Waals surface area (Å²) < 4.78 is 10.9. The molecule has 32 heavy (non-hydrogen) atoms. The van der Waals surface area contributed by atoms with Gasteiger partial charge in [0.1, 0.15) is 11.4 Å². The van der Waals surface area contributed by atoms with Crippen LogP contribution in [0.3, 0.4) is 0 Å². The fourth-order valence-corrected chi connectivity index (χ4v) is 3.66. The van der Waals surface area contributed by atoms with Crippen LogP contribution in [0.2, 0.25) is 0 Å². The third kappa shape index (κ3) is 5.02. The molecule has 0 fully saturated rings. The van der Waals surface area contributed by atoms with E-state index in [1.807, 2.05) is 43.3 Å². The predicted molar refractivity (Wildman–Crippen MR) is 127 cm³/mol. The summed E-state index contributed by atoms with van der Waals surface area (Å²) in [5, 5.41) is 3.21. The Morgan fingerprint density at radius 1 is 0.969 bits per heavy atom. The molecule has 0 bridgehead atoms. The fourth-order valence-electron chi connectivity index (χ4n) is 3.66. The zero-order valence-electron chi connectivity index (χ0n) is 19.5. The monoisotopic (exact) mass is 436 g/mol. The van der Waals surface area contributed by atoms with Gasteiger partial charge in [0, 0.05) is 31.0 Å². The van der Waals surface area contributed by atoms with Gasteiger partial charge in [-0.05, 0) is 42.5 Å². The lowest BCUT2D eigenvalue weighted by Crippen LogP contribution is -2.34. The number of ether oxygens (including phenoxy) is 2. The van der Waals surface area contributed by atoms with Gasteiger partial charge in [0.15, 0.2) is 0 Å². The van der Waals surface area contributed by atoms with Crippen LogP contribution in [0.1, 0.15) is 45.2 Å². The molecule has 0 unspecified atom stereocenters. The molecule has 1 N–H and O–H groups in total. The average molecular weight is 437 g/mol. The molecular formula is C26H32N2O4. The molecule has 0 saturated carbocycles. The molecule has 0 aromatic heterocycles. The van der Waals surface area contributed by atoms with Crippen molar-refractivity contribution in [2.75, 3.05) is 32.2 Å². The Hall–Kier alpha value is -3.12. The summed E-state index contributed by atoms with van der Waals surface area (Å²) >= 11 is 0. The van der Waals surface area contributed by atoms with E-state index in [9.17, 15) is 9.59 Å². The Kier molecular flexibility index (Phi) is 7.36. The maximum Gasteiger partial charge on any atom is 0.278 e. The number of nitrogens with one attached hydrogen (secondary N) is 1. The van der Waals surface area contributed by atoms with Gasteiger partial charge in [-0.1, -0.05) is 51.1 Å². The number of nitrogens with zero attached hydrogens (tertiary/aromatic N) is 1. The summed E-state index contributed by atoms with van der Waals surface area (Å²) in [6, 6.07) is 15.2. The van der Waals surface area contributed by atoms with Crippen molar-refractivity contribution < 1.29 is 19.1 Å². The molecule has 1 aliphatic rings. The third-order valence-corrected chi connectivity index (χ3v) is 5.44. The molecule has 0 atom stereocenters. The van der Waals surface area contributed by atoms with Crippen LogP contribution in [-0.2, 0) is 19.7 Å². The lowest BCUT2D eigenvalue weighted by Gasteiger charge is -2.19. The second kappa shape index (κ2) is 10.0. The van der Waals surface area contributed by atoms with Crippen LogP contribution in [0.25, 0.3) is 5.57 Å². The van der Waals surface area contributed by atoms with Gasteiger partial charge in [-0.25, -0.2) is 0 Å². The molecule has 6 heteroatoms. The van der Waals surface area contributed by atoms with E-state index in [2.05, 4.69) is 26.1 Å². The average Bonchev–Trinajstić information content (AvgIpc) is 3.00. The number of carbonyl (C=O) groups is 2. The highest BCUT2D eigenvalue weighted by molar-refractivity contribution is 6.37. The molecule has 170 valence electrons. The smallest absolute Gasteiger partial charge is 0.278 e. The van der Waals surface area contributed by atoms with Gasteiger partial charge < -0.3 is 14.8 Å². The van der Waals surface area contributed by atoms with Crippen molar-refractivity contribution in [3.05, 3.63) is 65.4 Å². The second-order valence-corrected chi connectivity index (χ2v) is 8.72. The van der Waals surface area contributed by atoms with Crippen LogP contribution in [0.4, 0.5) is 5.69 Å². The number of hydrogen-bond donors (Lipinski definition) is 1. The molecule has 0 radical (unpaired) electrons. The maximum atomic E-state index is 13.3. The summed E-state index contributed by atoms with van der Waals surface area (Å²) in [6.07, 6.45) is 0.581. The Bertz CT molecular complexity index is 1000. The van der Waals surface area contributed by atoms with Crippen molar-refractivity contribution in [3.63, 3.8) is 0 Å². The van der Waals surface area contributed by atoms with Gasteiger partial charge >= 0.3 is 0 Å². The highest BCUT2D eigenvalue weighted by Crippen LogP contribution is 2.35. The Morgan fingerprint density at radius 3 is 2.28 bits per heavy atom. The lowest BCUT2D eigenvalue weighted by atomic mass is 9.87. The van der Waals surface area contributed by atoms with Gasteiger partial charge in [-0.3, -0.25) is 14.5 Å². The molecule has 0 spiro atoms. The molecular weight excluding hydrogens is 404 g/mol. The Morgan fingerprint density at radius 2 is 1.66 bits per heavy atom. The van der Waals surface area contributed by atoms with E-state index >= 15 is 0 Å². The topological polar surface area (TPSA) is 67.9 Å². The number of hydrogen-bond acceptors (Lipinski definition) is 5. The number of amides is 2. The SMILES string of the molecule is CCOCCCN1C(=O)C(Nc2ccc(C(C)(C)C)cc2)=C(c2ccccc2OC)C1=O. The minimum Gasteiger partial charge on any atom is -0.496 e. The van der Waals surface area contributed by atoms with E-state index < -0.39 is 0 Å². The first-order chi connectivity index (χ1) is 15.3. The minimum atomic E-state index is -0.340.